The van der Waals surface area contributed by atoms with Crippen molar-refractivity contribution in [2.75, 3.05) is 6.54 Å². The van der Waals surface area contributed by atoms with Gasteiger partial charge in [-0.25, -0.2) is 0 Å². The Morgan fingerprint density at radius 2 is 1.93 bits per heavy atom. The second kappa shape index (κ2) is 5.00. The number of benzene rings is 1. The van der Waals surface area contributed by atoms with Crippen LogP contribution >= 0.6 is 11.6 Å². The predicted octanol–water partition coefficient (Wildman–Crippen LogP) is 3.57. The number of rotatable bonds is 3. The predicted molar refractivity (Wildman–Crippen MR) is 65.2 cm³/mol. The average Bonchev–Trinajstić information content (AvgIpc) is 2.68. The molecule has 0 amide bonds. The van der Waals surface area contributed by atoms with Gasteiger partial charge in [-0.05, 0) is 61.8 Å². The van der Waals surface area contributed by atoms with Gasteiger partial charge < -0.3 is 5.73 Å². The standard InChI is InChI=1S/C13H18ClN/c14-13-5-3-11(4-6-13)12-2-1-10(9-12)7-8-15/h3-6,10,12H,1-2,7-9,15H2. The van der Waals surface area contributed by atoms with Crippen molar-refractivity contribution in [3.05, 3.63) is 34.9 Å². The molecule has 1 aliphatic rings. The van der Waals surface area contributed by atoms with E-state index < -0.39 is 0 Å². The van der Waals surface area contributed by atoms with E-state index in [0.29, 0.717) is 0 Å². The lowest BCUT2D eigenvalue weighted by atomic mass is 9.95. The van der Waals surface area contributed by atoms with E-state index in [-0.39, 0.29) is 0 Å². The van der Waals surface area contributed by atoms with Crippen LogP contribution in [0.4, 0.5) is 0 Å². The third kappa shape index (κ3) is 2.73. The highest BCUT2D eigenvalue weighted by atomic mass is 35.5. The maximum atomic E-state index is 5.88. The van der Waals surface area contributed by atoms with Crippen LogP contribution in [0.3, 0.4) is 0 Å². The summed E-state index contributed by atoms with van der Waals surface area (Å²) in [6, 6.07) is 8.32. The Labute approximate surface area is 96.6 Å². The molecule has 0 aliphatic heterocycles. The first-order chi connectivity index (χ1) is 7.29. The maximum absolute atomic E-state index is 5.88. The molecule has 1 aliphatic carbocycles. The molecule has 1 nitrogen and oxygen atoms in total. The first-order valence-electron chi connectivity index (χ1n) is 5.75. The molecular formula is C13H18ClN. The highest BCUT2D eigenvalue weighted by molar-refractivity contribution is 6.30. The van der Waals surface area contributed by atoms with Crippen molar-refractivity contribution < 1.29 is 0 Å². The Morgan fingerprint density at radius 3 is 2.60 bits per heavy atom. The number of hydrogen-bond acceptors (Lipinski definition) is 1. The minimum atomic E-state index is 0.735. The van der Waals surface area contributed by atoms with Gasteiger partial charge in [0.15, 0.2) is 0 Å². The number of halogens is 1. The molecule has 0 bridgehead atoms. The Bertz CT molecular complexity index is 307. The van der Waals surface area contributed by atoms with E-state index in [9.17, 15) is 0 Å². The van der Waals surface area contributed by atoms with Crippen LogP contribution in [-0.2, 0) is 0 Å². The minimum absolute atomic E-state index is 0.735. The van der Waals surface area contributed by atoms with Crippen molar-refractivity contribution in [3.63, 3.8) is 0 Å². The summed E-state index contributed by atoms with van der Waals surface area (Å²) < 4.78 is 0. The van der Waals surface area contributed by atoms with Crippen molar-refractivity contribution >= 4 is 11.6 Å². The first-order valence-corrected chi connectivity index (χ1v) is 6.13. The molecular weight excluding hydrogens is 206 g/mol. The van der Waals surface area contributed by atoms with E-state index in [1.54, 1.807) is 0 Å². The summed E-state index contributed by atoms with van der Waals surface area (Å²) in [4.78, 5) is 0. The Balaban J connectivity index is 1.98. The molecule has 1 aromatic carbocycles. The largest absolute Gasteiger partial charge is 0.330 e. The van der Waals surface area contributed by atoms with Crippen molar-refractivity contribution in [2.24, 2.45) is 11.7 Å². The van der Waals surface area contributed by atoms with Crippen molar-refractivity contribution in [2.45, 2.75) is 31.6 Å². The quantitative estimate of drug-likeness (QED) is 0.833. The molecule has 1 fully saturated rings. The van der Waals surface area contributed by atoms with Crippen LogP contribution in [0.5, 0.6) is 0 Å². The zero-order valence-corrected chi connectivity index (χ0v) is 9.71. The van der Waals surface area contributed by atoms with Crippen molar-refractivity contribution in [1.82, 2.24) is 0 Å². The van der Waals surface area contributed by atoms with Crippen LogP contribution in [0.25, 0.3) is 0 Å². The second-order valence-electron chi connectivity index (χ2n) is 4.50. The van der Waals surface area contributed by atoms with Gasteiger partial charge in [-0.2, -0.15) is 0 Å². The lowest BCUT2D eigenvalue weighted by Gasteiger charge is -2.11. The van der Waals surface area contributed by atoms with Gasteiger partial charge in [-0.3, -0.25) is 0 Å². The topological polar surface area (TPSA) is 26.0 Å². The molecule has 0 saturated heterocycles. The molecule has 2 heteroatoms. The SMILES string of the molecule is NCCC1CCC(c2ccc(Cl)cc2)C1. The van der Waals surface area contributed by atoms with Crippen LogP contribution in [0.15, 0.2) is 24.3 Å². The van der Waals surface area contributed by atoms with E-state index in [0.717, 1.165) is 23.4 Å². The van der Waals surface area contributed by atoms with Crippen molar-refractivity contribution in [3.8, 4) is 0 Å². The minimum Gasteiger partial charge on any atom is -0.330 e. The molecule has 82 valence electrons. The van der Waals surface area contributed by atoms with E-state index >= 15 is 0 Å². The number of hydrogen-bond donors (Lipinski definition) is 1. The van der Waals surface area contributed by atoms with Gasteiger partial charge in [0.05, 0.1) is 0 Å². The van der Waals surface area contributed by atoms with Gasteiger partial charge in [0.1, 0.15) is 0 Å². The van der Waals surface area contributed by atoms with Crippen LogP contribution in [-0.4, -0.2) is 6.54 Å². The fourth-order valence-electron chi connectivity index (χ4n) is 2.61. The van der Waals surface area contributed by atoms with E-state index in [2.05, 4.69) is 12.1 Å². The third-order valence-electron chi connectivity index (χ3n) is 3.46. The summed E-state index contributed by atoms with van der Waals surface area (Å²) in [5, 5.41) is 0.829. The summed E-state index contributed by atoms with van der Waals surface area (Å²) in [6.07, 6.45) is 5.14. The zero-order chi connectivity index (χ0) is 10.7. The molecule has 1 aromatic rings. The van der Waals surface area contributed by atoms with E-state index in [1.807, 2.05) is 12.1 Å². The molecule has 0 aromatic heterocycles. The van der Waals surface area contributed by atoms with Crippen LogP contribution in [0.1, 0.15) is 37.2 Å². The zero-order valence-electron chi connectivity index (χ0n) is 8.95. The molecule has 15 heavy (non-hydrogen) atoms. The van der Waals surface area contributed by atoms with Gasteiger partial charge in [0, 0.05) is 5.02 Å². The van der Waals surface area contributed by atoms with Gasteiger partial charge in [0.2, 0.25) is 0 Å². The molecule has 2 unspecified atom stereocenters. The van der Waals surface area contributed by atoms with E-state index in [4.69, 9.17) is 17.3 Å². The van der Waals surface area contributed by atoms with Crippen LogP contribution in [0.2, 0.25) is 5.02 Å². The average molecular weight is 224 g/mol. The summed E-state index contributed by atoms with van der Waals surface area (Å²) in [5.41, 5.74) is 7.04. The summed E-state index contributed by atoms with van der Waals surface area (Å²) in [7, 11) is 0. The molecule has 2 rings (SSSR count). The fraction of sp³-hybridized carbons (Fsp3) is 0.538. The maximum Gasteiger partial charge on any atom is 0.0406 e. The van der Waals surface area contributed by atoms with E-state index in [1.165, 1.54) is 31.2 Å². The lowest BCUT2D eigenvalue weighted by Crippen LogP contribution is -2.05. The van der Waals surface area contributed by atoms with Crippen molar-refractivity contribution in [1.29, 1.82) is 0 Å². The van der Waals surface area contributed by atoms with Gasteiger partial charge in [-0.15, -0.1) is 0 Å². The Morgan fingerprint density at radius 1 is 1.20 bits per heavy atom. The van der Waals surface area contributed by atoms with Gasteiger partial charge in [0.25, 0.3) is 0 Å². The molecule has 2 atom stereocenters. The molecule has 1 saturated carbocycles. The summed E-state index contributed by atoms with van der Waals surface area (Å²) in [6.45, 7) is 0.831. The molecule has 0 radical (unpaired) electrons. The van der Waals surface area contributed by atoms with Crippen LogP contribution in [0, 0.1) is 5.92 Å². The second-order valence-corrected chi connectivity index (χ2v) is 4.94. The monoisotopic (exact) mass is 223 g/mol. The van der Waals surface area contributed by atoms with Crippen LogP contribution < -0.4 is 5.73 Å². The summed E-state index contributed by atoms with van der Waals surface area (Å²) in [5.74, 6) is 1.58. The number of nitrogens with two attached hydrogens (primary N) is 1. The normalized spacial score (nSPS) is 25.7. The Kier molecular flexibility index (Phi) is 3.66. The highest BCUT2D eigenvalue weighted by Crippen LogP contribution is 2.39. The summed E-state index contributed by atoms with van der Waals surface area (Å²) >= 11 is 5.88. The molecule has 2 N–H and O–H groups in total. The fourth-order valence-corrected chi connectivity index (χ4v) is 2.74. The molecule has 0 spiro atoms. The lowest BCUT2D eigenvalue weighted by molar-refractivity contribution is 0.503. The van der Waals surface area contributed by atoms with Gasteiger partial charge >= 0.3 is 0 Å². The third-order valence-corrected chi connectivity index (χ3v) is 3.71. The molecule has 0 heterocycles. The smallest absolute Gasteiger partial charge is 0.0406 e. The Hall–Kier alpha value is -0.530. The highest BCUT2D eigenvalue weighted by Gasteiger charge is 2.24. The first kappa shape index (κ1) is 11.0. The van der Waals surface area contributed by atoms with Gasteiger partial charge in [-0.1, -0.05) is 23.7 Å².